The van der Waals surface area contributed by atoms with Gasteiger partial charge in [-0.3, -0.25) is 0 Å². The summed E-state index contributed by atoms with van der Waals surface area (Å²) < 4.78 is 5.25. The first-order valence-corrected chi connectivity index (χ1v) is 9.58. The number of carbonyl (C=O) groups excluding carboxylic acids is 1. The van der Waals surface area contributed by atoms with E-state index in [-0.39, 0.29) is 12.1 Å². The minimum absolute atomic E-state index is 0.136. The maximum atomic E-state index is 13.2. The van der Waals surface area contributed by atoms with Crippen molar-refractivity contribution in [1.29, 1.82) is 0 Å². The summed E-state index contributed by atoms with van der Waals surface area (Å²) in [7, 11) is 1.61. The maximum Gasteiger partial charge on any atom is 0.322 e. The highest BCUT2D eigenvalue weighted by Gasteiger charge is 2.32. The van der Waals surface area contributed by atoms with Crippen LogP contribution in [-0.4, -0.2) is 24.6 Å². The Bertz CT molecular complexity index is 988. The fraction of sp³-hybridized carbons (Fsp3) is 0.174. The van der Waals surface area contributed by atoms with Gasteiger partial charge in [-0.25, -0.2) is 4.79 Å². The number of carbonyl (C=O) groups is 1. The number of halogens is 1. The summed E-state index contributed by atoms with van der Waals surface area (Å²) in [6, 6.07) is 23.1. The second kappa shape index (κ2) is 7.95. The zero-order valence-corrected chi connectivity index (χ0v) is 16.3. The molecule has 3 aromatic carbocycles. The van der Waals surface area contributed by atoms with Gasteiger partial charge in [-0.1, -0.05) is 54.1 Å². The minimum atomic E-state index is -0.159. The topological polar surface area (TPSA) is 41.6 Å². The SMILES string of the molecule is COc1cccc(NC(=O)N2CCc3ccccc3[C@H]2c2ccc(Cl)cc2)c1. The number of amides is 2. The zero-order valence-electron chi connectivity index (χ0n) is 15.6. The number of rotatable bonds is 3. The largest absolute Gasteiger partial charge is 0.497 e. The lowest BCUT2D eigenvalue weighted by molar-refractivity contribution is 0.194. The van der Waals surface area contributed by atoms with Crippen LogP contribution < -0.4 is 10.1 Å². The normalized spacial score (nSPS) is 15.6. The molecule has 0 radical (unpaired) electrons. The molecule has 1 atom stereocenters. The first-order chi connectivity index (χ1) is 13.7. The van der Waals surface area contributed by atoms with Crippen molar-refractivity contribution in [2.45, 2.75) is 12.5 Å². The molecule has 3 aromatic rings. The maximum absolute atomic E-state index is 13.2. The van der Waals surface area contributed by atoms with Gasteiger partial charge in [0.05, 0.1) is 13.2 Å². The summed E-state index contributed by atoms with van der Waals surface area (Å²) in [6.45, 7) is 0.639. The van der Waals surface area contributed by atoms with Crippen LogP contribution >= 0.6 is 11.6 Å². The van der Waals surface area contributed by atoms with Crippen LogP contribution in [0.15, 0.2) is 72.8 Å². The molecular formula is C23H21ClN2O2. The van der Waals surface area contributed by atoms with E-state index in [4.69, 9.17) is 16.3 Å². The molecule has 0 unspecified atom stereocenters. The van der Waals surface area contributed by atoms with Crippen LogP contribution in [0.2, 0.25) is 5.02 Å². The lowest BCUT2D eigenvalue weighted by Crippen LogP contribution is -2.43. The third-order valence-corrected chi connectivity index (χ3v) is 5.30. The second-order valence-electron chi connectivity index (χ2n) is 6.76. The molecular weight excluding hydrogens is 372 g/mol. The third-order valence-electron chi connectivity index (χ3n) is 5.05. The van der Waals surface area contributed by atoms with Crippen LogP contribution in [0.3, 0.4) is 0 Å². The van der Waals surface area contributed by atoms with Gasteiger partial charge in [-0.05, 0) is 47.4 Å². The zero-order chi connectivity index (χ0) is 19.5. The van der Waals surface area contributed by atoms with Crippen LogP contribution in [0.5, 0.6) is 5.75 Å². The molecule has 1 N–H and O–H groups in total. The van der Waals surface area contributed by atoms with E-state index >= 15 is 0 Å². The number of hydrogen-bond acceptors (Lipinski definition) is 2. The highest BCUT2D eigenvalue weighted by atomic mass is 35.5. The quantitative estimate of drug-likeness (QED) is 0.636. The molecule has 1 aliphatic rings. The van der Waals surface area contributed by atoms with Crippen molar-refractivity contribution in [2.75, 3.05) is 19.0 Å². The van der Waals surface area contributed by atoms with Crippen LogP contribution in [0, 0.1) is 0 Å². The third kappa shape index (κ3) is 3.69. The van der Waals surface area contributed by atoms with Crippen molar-refractivity contribution in [1.82, 2.24) is 4.90 Å². The molecule has 2 amide bonds. The number of ether oxygens (including phenoxy) is 1. The predicted molar refractivity (Wildman–Crippen MR) is 112 cm³/mol. The van der Waals surface area contributed by atoms with Gasteiger partial charge in [0, 0.05) is 23.3 Å². The van der Waals surface area contributed by atoms with E-state index in [1.807, 2.05) is 65.6 Å². The second-order valence-corrected chi connectivity index (χ2v) is 7.19. The number of methoxy groups -OCH3 is 1. The number of benzene rings is 3. The van der Waals surface area contributed by atoms with Crippen LogP contribution in [0.1, 0.15) is 22.7 Å². The van der Waals surface area contributed by atoms with Gasteiger partial charge in [0.15, 0.2) is 0 Å². The van der Waals surface area contributed by atoms with E-state index in [2.05, 4.69) is 17.4 Å². The number of fused-ring (bicyclic) bond motifs is 1. The molecule has 0 bridgehead atoms. The number of anilines is 1. The molecule has 1 aliphatic heterocycles. The van der Waals surface area contributed by atoms with E-state index in [1.165, 1.54) is 5.56 Å². The Balaban J connectivity index is 1.68. The van der Waals surface area contributed by atoms with Crippen molar-refractivity contribution >= 4 is 23.3 Å². The fourth-order valence-corrected chi connectivity index (χ4v) is 3.81. The van der Waals surface area contributed by atoms with Gasteiger partial charge in [0.2, 0.25) is 0 Å². The molecule has 0 fully saturated rings. The van der Waals surface area contributed by atoms with Crippen molar-refractivity contribution in [2.24, 2.45) is 0 Å². The fourth-order valence-electron chi connectivity index (χ4n) is 3.69. The van der Waals surface area contributed by atoms with Crippen molar-refractivity contribution in [3.05, 3.63) is 94.5 Å². The molecule has 0 aliphatic carbocycles. The first-order valence-electron chi connectivity index (χ1n) is 9.20. The summed E-state index contributed by atoms with van der Waals surface area (Å²) in [6.07, 6.45) is 0.825. The van der Waals surface area contributed by atoms with Gasteiger partial charge >= 0.3 is 6.03 Å². The Kier molecular flexibility index (Phi) is 5.22. The molecule has 28 heavy (non-hydrogen) atoms. The van der Waals surface area contributed by atoms with E-state index in [0.717, 1.165) is 17.5 Å². The molecule has 1 heterocycles. The number of nitrogens with one attached hydrogen (secondary N) is 1. The smallest absolute Gasteiger partial charge is 0.322 e. The molecule has 0 saturated heterocycles. The Morgan fingerprint density at radius 1 is 1.07 bits per heavy atom. The predicted octanol–water partition coefficient (Wildman–Crippen LogP) is 5.53. The molecule has 4 rings (SSSR count). The number of hydrogen-bond donors (Lipinski definition) is 1. The van der Waals surface area contributed by atoms with Crippen molar-refractivity contribution in [3.8, 4) is 5.75 Å². The lowest BCUT2D eigenvalue weighted by Gasteiger charge is -2.37. The summed E-state index contributed by atoms with van der Waals surface area (Å²) in [5.74, 6) is 0.705. The average Bonchev–Trinajstić information content (AvgIpc) is 2.73. The molecule has 0 aromatic heterocycles. The Morgan fingerprint density at radius 3 is 2.64 bits per heavy atom. The Labute approximate surface area is 169 Å². The van der Waals surface area contributed by atoms with Crippen LogP contribution in [0.25, 0.3) is 0 Å². The van der Waals surface area contributed by atoms with Gasteiger partial charge in [-0.15, -0.1) is 0 Å². The number of nitrogens with zero attached hydrogens (tertiary/aromatic N) is 1. The highest BCUT2D eigenvalue weighted by molar-refractivity contribution is 6.30. The van der Waals surface area contributed by atoms with Gasteiger partial charge < -0.3 is 15.0 Å². The van der Waals surface area contributed by atoms with Gasteiger partial charge in [-0.2, -0.15) is 0 Å². The van der Waals surface area contributed by atoms with Crippen LogP contribution in [-0.2, 0) is 6.42 Å². The standard InChI is InChI=1S/C23H21ClN2O2/c1-28-20-7-4-6-19(15-20)25-23(27)26-14-13-16-5-2-3-8-21(16)22(26)17-9-11-18(24)12-10-17/h2-12,15,22H,13-14H2,1H3,(H,25,27)/t22-/m1/s1. The van der Waals surface area contributed by atoms with Crippen molar-refractivity contribution in [3.63, 3.8) is 0 Å². The van der Waals surface area contributed by atoms with E-state index < -0.39 is 0 Å². The summed E-state index contributed by atoms with van der Waals surface area (Å²) in [5, 5.41) is 3.69. The Morgan fingerprint density at radius 2 is 1.86 bits per heavy atom. The molecule has 4 nitrogen and oxygen atoms in total. The monoisotopic (exact) mass is 392 g/mol. The van der Waals surface area contributed by atoms with E-state index in [1.54, 1.807) is 7.11 Å². The highest BCUT2D eigenvalue weighted by Crippen LogP contribution is 2.36. The van der Waals surface area contributed by atoms with Gasteiger partial charge in [0.25, 0.3) is 0 Å². The van der Waals surface area contributed by atoms with E-state index in [9.17, 15) is 4.79 Å². The average molecular weight is 393 g/mol. The molecule has 0 saturated carbocycles. The van der Waals surface area contributed by atoms with Crippen molar-refractivity contribution < 1.29 is 9.53 Å². The molecule has 5 heteroatoms. The Hall–Kier alpha value is -2.98. The summed E-state index contributed by atoms with van der Waals surface area (Å²) in [5.41, 5.74) is 4.17. The summed E-state index contributed by atoms with van der Waals surface area (Å²) in [4.78, 5) is 15.1. The first kappa shape index (κ1) is 18.4. The molecule has 142 valence electrons. The van der Waals surface area contributed by atoms with E-state index in [0.29, 0.717) is 23.0 Å². The lowest BCUT2D eigenvalue weighted by atomic mass is 9.88. The number of urea groups is 1. The summed E-state index contributed by atoms with van der Waals surface area (Å²) >= 11 is 6.08. The van der Waals surface area contributed by atoms with Gasteiger partial charge in [0.1, 0.15) is 5.75 Å². The van der Waals surface area contributed by atoms with Crippen LogP contribution in [0.4, 0.5) is 10.5 Å². The molecule has 0 spiro atoms. The minimum Gasteiger partial charge on any atom is -0.497 e.